The number of carbonyl (C=O) groups is 1. The van der Waals surface area contributed by atoms with Gasteiger partial charge in [0.1, 0.15) is 0 Å². The minimum absolute atomic E-state index is 0.331. The van der Waals surface area contributed by atoms with Gasteiger partial charge in [-0.05, 0) is 12.1 Å². The number of rotatable bonds is 1. The Morgan fingerprint density at radius 1 is 0.895 bits per heavy atom. The lowest BCUT2D eigenvalue weighted by Gasteiger charge is -1.88. The van der Waals surface area contributed by atoms with Gasteiger partial charge in [-0.1, -0.05) is 18.2 Å². The molecule has 19 heavy (non-hydrogen) atoms. The molecule has 0 spiro atoms. The van der Waals surface area contributed by atoms with E-state index in [-0.39, 0.29) is 0 Å². The summed E-state index contributed by atoms with van der Waals surface area (Å²) >= 11 is 0. The molecule has 0 aliphatic heterocycles. The highest BCUT2D eigenvalue weighted by Gasteiger charge is 1.96. The number of carboxylic acids is 1. The first-order chi connectivity index (χ1) is 8.30. The van der Waals surface area contributed by atoms with E-state index in [9.17, 15) is 21.6 Å². The fourth-order valence-electron chi connectivity index (χ4n) is 0.581. The molecule has 0 amide bonds. The van der Waals surface area contributed by atoms with Crippen molar-refractivity contribution in [3.63, 3.8) is 0 Å². The summed E-state index contributed by atoms with van der Waals surface area (Å²) in [7, 11) is -7.33. The lowest BCUT2D eigenvalue weighted by Crippen LogP contribution is -1.93. The first-order valence-corrected chi connectivity index (χ1v) is 8.13. The second kappa shape index (κ2) is 8.58. The van der Waals surface area contributed by atoms with Crippen molar-refractivity contribution in [1.29, 1.82) is 0 Å². The highest BCUT2D eigenvalue weighted by atomic mass is 32.2. The Morgan fingerprint density at radius 2 is 1.16 bits per heavy atom. The summed E-state index contributed by atoms with van der Waals surface area (Å²) in [5.74, 6) is -0.879. The molecule has 3 N–H and O–H groups in total. The zero-order valence-corrected chi connectivity index (χ0v) is 11.7. The third-order valence-electron chi connectivity index (χ3n) is 1.02. The SMILES string of the molecule is CS(=O)(=O)O.CS(=O)(=O)O.O=C(O)c1ccccc1. The maximum Gasteiger partial charge on any atom is 0.335 e. The van der Waals surface area contributed by atoms with Crippen molar-refractivity contribution < 1.29 is 35.8 Å². The maximum atomic E-state index is 10.2. The van der Waals surface area contributed by atoms with Crippen LogP contribution in [-0.2, 0) is 20.2 Å². The van der Waals surface area contributed by atoms with Crippen molar-refractivity contribution in [2.24, 2.45) is 0 Å². The van der Waals surface area contributed by atoms with Crippen LogP contribution in [0.25, 0.3) is 0 Å². The van der Waals surface area contributed by atoms with Gasteiger partial charge < -0.3 is 5.11 Å². The molecule has 0 saturated carbocycles. The number of aromatic carboxylic acids is 1. The maximum absolute atomic E-state index is 10.2. The topological polar surface area (TPSA) is 146 Å². The van der Waals surface area contributed by atoms with E-state index in [1.54, 1.807) is 30.3 Å². The number of hydrogen-bond acceptors (Lipinski definition) is 5. The molecule has 0 heterocycles. The molecule has 1 aromatic rings. The molecule has 0 unspecified atom stereocenters. The monoisotopic (exact) mass is 314 g/mol. The molecule has 0 saturated heterocycles. The van der Waals surface area contributed by atoms with Crippen LogP contribution in [-0.4, -0.2) is 49.5 Å². The van der Waals surface area contributed by atoms with Gasteiger partial charge in [-0.2, -0.15) is 16.8 Å². The smallest absolute Gasteiger partial charge is 0.335 e. The van der Waals surface area contributed by atoms with Crippen molar-refractivity contribution in [3.8, 4) is 0 Å². The quantitative estimate of drug-likeness (QED) is 0.631. The Labute approximate surface area is 111 Å². The van der Waals surface area contributed by atoms with E-state index in [0.717, 1.165) is 0 Å². The molecule has 0 aliphatic carbocycles. The van der Waals surface area contributed by atoms with Crippen LogP contribution in [0.2, 0.25) is 0 Å². The minimum atomic E-state index is -3.67. The molecule has 0 bridgehead atoms. The van der Waals surface area contributed by atoms with Gasteiger partial charge >= 0.3 is 5.97 Å². The largest absolute Gasteiger partial charge is 0.478 e. The zero-order chi connectivity index (χ0) is 15.7. The minimum Gasteiger partial charge on any atom is -0.478 e. The Morgan fingerprint density at radius 3 is 1.32 bits per heavy atom. The normalized spacial score (nSPS) is 10.3. The van der Waals surface area contributed by atoms with E-state index in [2.05, 4.69) is 0 Å². The van der Waals surface area contributed by atoms with Gasteiger partial charge in [0.25, 0.3) is 20.2 Å². The standard InChI is InChI=1S/C7H6O2.2CH4O3S/c8-7(9)6-4-2-1-3-5-6;2*1-5(2,3)4/h1-5H,(H,8,9);2*1H3,(H,2,3,4). The van der Waals surface area contributed by atoms with Crippen molar-refractivity contribution in [3.05, 3.63) is 35.9 Å². The van der Waals surface area contributed by atoms with Gasteiger partial charge in [0.05, 0.1) is 18.1 Å². The lowest BCUT2D eigenvalue weighted by atomic mass is 10.2. The predicted molar refractivity (Wildman–Crippen MR) is 68.3 cm³/mol. The third-order valence-corrected chi connectivity index (χ3v) is 1.02. The van der Waals surface area contributed by atoms with E-state index < -0.39 is 26.2 Å². The first-order valence-electron chi connectivity index (χ1n) is 4.44. The average Bonchev–Trinajstić information content (AvgIpc) is 2.13. The van der Waals surface area contributed by atoms with E-state index in [1.165, 1.54) is 0 Å². The molecule has 0 aliphatic rings. The predicted octanol–water partition coefficient (Wildman–Crippen LogP) is 0.393. The third kappa shape index (κ3) is 31.5. The summed E-state index contributed by atoms with van der Waals surface area (Å²) in [5, 5.41) is 8.38. The van der Waals surface area contributed by atoms with Crippen molar-refractivity contribution in [2.75, 3.05) is 12.5 Å². The Bertz CT molecular complexity index is 528. The fraction of sp³-hybridized carbons (Fsp3) is 0.222. The average molecular weight is 314 g/mol. The van der Waals surface area contributed by atoms with Crippen LogP contribution in [0, 0.1) is 0 Å². The van der Waals surface area contributed by atoms with Gasteiger partial charge in [0.15, 0.2) is 0 Å². The van der Waals surface area contributed by atoms with Crippen LogP contribution >= 0.6 is 0 Å². The number of hydrogen-bond donors (Lipinski definition) is 3. The summed E-state index contributed by atoms with van der Waals surface area (Å²) in [4.78, 5) is 10.2. The first kappa shape index (κ1) is 19.8. The Hall–Kier alpha value is -1.49. The van der Waals surface area contributed by atoms with E-state index in [4.69, 9.17) is 14.2 Å². The second-order valence-electron chi connectivity index (χ2n) is 3.14. The molecule has 8 nitrogen and oxygen atoms in total. The number of benzene rings is 1. The van der Waals surface area contributed by atoms with Crippen LogP contribution in [0.4, 0.5) is 0 Å². The van der Waals surface area contributed by atoms with E-state index in [0.29, 0.717) is 18.1 Å². The molecule has 0 atom stereocenters. The summed E-state index contributed by atoms with van der Waals surface area (Å²) in [6.45, 7) is 0. The van der Waals surface area contributed by atoms with Crippen molar-refractivity contribution in [1.82, 2.24) is 0 Å². The molecule has 110 valence electrons. The van der Waals surface area contributed by atoms with Gasteiger partial charge in [0.2, 0.25) is 0 Å². The van der Waals surface area contributed by atoms with Crippen LogP contribution in [0.15, 0.2) is 30.3 Å². The second-order valence-corrected chi connectivity index (χ2v) is 6.07. The van der Waals surface area contributed by atoms with Crippen molar-refractivity contribution >= 4 is 26.2 Å². The molecule has 0 fully saturated rings. The van der Waals surface area contributed by atoms with Crippen LogP contribution in [0.1, 0.15) is 10.4 Å². The van der Waals surface area contributed by atoms with Gasteiger partial charge in [-0.3, -0.25) is 9.11 Å². The lowest BCUT2D eigenvalue weighted by molar-refractivity contribution is 0.0697. The molecule has 10 heteroatoms. The summed E-state index contributed by atoms with van der Waals surface area (Å²) in [5.41, 5.74) is 0.331. The van der Waals surface area contributed by atoms with E-state index in [1.807, 2.05) is 0 Å². The highest BCUT2D eigenvalue weighted by Crippen LogP contribution is 1.96. The molecule has 0 radical (unpaired) electrons. The molecular weight excluding hydrogens is 300 g/mol. The van der Waals surface area contributed by atoms with Gasteiger partial charge in [-0.25, -0.2) is 4.79 Å². The molecule has 1 aromatic carbocycles. The molecule has 0 aromatic heterocycles. The molecular formula is C9H14O8S2. The molecule has 1 rings (SSSR count). The zero-order valence-electron chi connectivity index (χ0n) is 10.1. The summed E-state index contributed by atoms with van der Waals surface area (Å²) in [6.07, 6.45) is 1.43. The van der Waals surface area contributed by atoms with Crippen molar-refractivity contribution in [2.45, 2.75) is 0 Å². The fourth-order valence-corrected chi connectivity index (χ4v) is 0.581. The highest BCUT2D eigenvalue weighted by molar-refractivity contribution is 7.85. The van der Waals surface area contributed by atoms with Gasteiger partial charge in [0, 0.05) is 0 Å². The van der Waals surface area contributed by atoms with E-state index >= 15 is 0 Å². The summed E-state index contributed by atoms with van der Waals surface area (Å²) < 4.78 is 51.7. The van der Waals surface area contributed by atoms with Crippen LogP contribution in [0.3, 0.4) is 0 Å². The van der Waals surface area contributed by atoms with Crippen LogP contribution in [0.5, 0.6) is 0 Å². The summed E-state index contributed by atoms with van der Waals surface area (Å²) in [6, 6.07) is 8.30. The Kier molecular flexibility index (Phi) is 8.96. The van der Waals surface area contributed by atoms with Gasteiger partial charge in [-0.15, -0.1) is 0 Å². The van der Waals surface area contributed by atoms with Crippen LogP contribution < -0.4 is 0 Å². The Balaban J connectivity index is 0. The number of carboxylic acid groups (broad SMARTS) is 1.